The molecule has 4 atom stereocenters. The van der Waals surface area contributed by atoms with Crippen molar-refractivity contribution in [2.45, 2.75) is 31.5 Å². The van der Waals surface area contributed by atoms with Crippen LogP contribution in [0, 0.1) is 11.8 Å². The Kier molecular flexibility index (Phi) is 3.03. The Labute approximate surface area is 143 Å². The SMILES string of the molecule is O=C1C2C3CCC(O3)C2C(=O)N1CCc1nc2ccc(Cl)cc2[nH]1. The number of imide groups is 1. The first-order chi connectivity index (χ1) is 11.6. The van der Waals surface area contributed by atoms with E-state index in [9.17, 15) is 9.59 Å². The van der Waals surface area contributed by atoms with Crippen molar-refractivity contribution >= 4 is 34.4 Å². The summed E-state index contributed by atoms with van der Waals surface area (Å²) in [5.74, 6) is 0.0910. The van der Waals surface area contributed by atoms with Crippen LogP contribution in [0.25, 0.3) is 11.0 Å². The third kappa shape index (κ3) is 1.96. The van der Waals surface area contributed by atoms with Gasteiger partial charge in [0.25, 0.3) is 0 Å². The standard InChI is InChI=1S/C17H16ClN3O3/c18-8-1-2-9-10(7-8)20-13(19-9)5-6-21-16(22)14-11-3-4-12(24-11)15(14)17(21)23/h1-2,7,11-12,14-15H,3-6H2,(H,19,20). The van der Waals surface area contributed by atoms with E-state index in [-0.39, 0.29) is 35.9 Å². The molecule has 0 aliphatic carbocycles. The number of hydrogen-bond acceptors (Lipinski definition) is 4. The van der Waals surface area contributed by atoms with E-state index in [1.54, 1.807) is 6.07 Å². The third-order valence-electron chi connectivity index (χ3n) is 5.44. The average Bonchev–Trinajstić information content (AvgIpc) is 3.29. The number of fused-ring (bicyclic) bond motifs is 6. The minimum absolute atomic E-state index is 0.0604. The van der Waals surface area contributed by atoms with Gasteiger partial charge in [-0.2, -0.15) is 0 Å². The van der Waals surface area contributed by atoms with Gasteiger partial charge in [-0.15, -0.1) is 0 Å². The zero-order valence-corrected chi connectivity index (χ0v) is 13.6. The lowest BCUT2D eigenvalue weighted by molar-refractivity contribution is -0.142. The van der Waals surface area contributed by atoms with Crippen LogP contribution in [0.5, 0.6) is 0 Å². The van der Waals surface area contributed by atoms with Crippen molar-refractivity contribution in [1.29, 1.82) is 0 Å². The Morgan fingerprint density at radius 1 is 1.21 bits per heavy atom. The molecule has 4 unspecified atom stereocenters. The zero-order valence-electron chi connectivity index (χ0n) is 12.9. The summed E-state index contributed by atoms with van der Waals surface area (Å²) in [4.78, 5) is 34.3. The number of nitrogens with zero attached hydrogens (tertiary/aromatic N) is 2. The smallest absolute Gasteiger partial charge is 0.235 e. The first kappa shape index (κ1) is 14.4. The lowest BCUT2D eigenvalue weighted by Crippen LogP contribution is -2.36. The van der Waals surface area contributed by atoms with Gasteiger partial charge >= 0.3 is 0 Å². The van der Waals surface area contributed by atoms with Crippen molar-refractivity contribution in [1.82, 2.24) is 14.9 Å². The minimum Gasteiger partial charge on any atom is -0.373 e. The van der Waals surface area contributed by atoms with Crippen LogP contribution in [-0.4, -0.2) is 45.4 Å². The van der Waals surface area contributed by atoms with E-state index in [0.717, 1.165) is 29.7 Å². The van der Waals surface area contributed by atoms with Crippen LogP contribution in [0.4, 0.5) is 0 Å². The Morgan fingerprint density at radius 3 is 2.62 bits per heavy atom. The average molecular weight is 346 g/mol. The number of aromatic nitrogens is 2. The number of H-pyrrole nitrogens is 1. The summed E-state index contributed by atoms with van der Waals surface area (Å²) in [6.07, 6.45) is 2.18. The van der Waals surface area contributed by atoms with E-state index < -0.39 is 0 Å². The van der Waals surface area contributed by atoms with Crippen LogP contribution >= 0.6 is 11.6 Å². The second kappa shape index (κ2) is 5.04. The van der Waals surface area contributed by atoms with Crippen LogP contribution in [0.2, 0.25) is 5.02 Å². The number of benzene rings is 1. The molecule has 4 heterocycles. The molecule has 3 aliphatic heterocycles. The van der Waals surface area contributed by atoms with Gasteiger partial charge in [-0.05, 0) is 31.0 Å². The largest absolute Gasteiger partial charge is 0.373 e. The van der Waals surface area contributed by atoms with E-state index in [1.807, 2.05) is 12.1 Å². The minimum atomic E-state index is -0.259. The Hall–Kier alpha value is -1.92. The van der Waals surface area contributed by atoms with Gasteiger partial charge in [-0.1, -0.05) is 11.6 Å². The number of nitrogens with one attached hydrogen (secondary N) is 1. The number of hydrogen-bond donors (Lipinski definition) is 1. The van der Waals surface area contributed by atoms with Crippen LogP contribution < -0.4 is 0 Å². The quantitative estimate of drug-likeness (QED) is 0.862. The predicted octanol–water partition coefficient (Wildman–Crippen LogP) is 1.92. The highest BCUT2D eigenvalue weighted by atomic mass is 35.5. The van der Waals surface area contributed by atoms with Gasteiger partial charge in [0.1, 0.15) is 5.82 Å². The molecular weight excluding hydrogens is 330 g/mol. The molecule has 1 aromatic carbocycles. The molecule has 3 saturated heterocycles. The van der Waals surface area contributed by atoms with E-state index in [4.69, 9.17) is 16.3 Å². The molecule has 3 fully saturated rings. The number of likely N-dealkylation sites (tertiary alicyclic amines) is 1. The van der Waals surface area contributed by atoms with Crippen LogP contribution in [-0.2, 0) is 20.7 Å². The van der Waals surface area contributed by atoms with Crippen LogP contribution in [0.15, 0.2) is 18.2 Å². The molecule has 2 amide bonds. The Morgan fingerprint density at radius 2 is 1.92 bits per heavy atom. The summed E-state index contributed by atoms with van der Waals surface area (Å²) in [5, 5.41) is 0.644. The van der Waals surface area contributed by atoms with Crippen LogP contribution in [0.1, 0.15) is 18.7 Å². The molecule has 7 heteroatoms. The Bertz CT molecular complexity index is 836. The zero-order chi connectivity index (χ0) is 16.4. The lowest BCUT2D eigenvalue weighted by atomic mass is 9.81. The monoisotopic (exact) mass is 345 g/mol. The first-order valence-electron chi connectivity index (χ1n) is 8.26. The molecule has 124 valence electrons. The van der Waals surface area contributed by atoms with Gasteiger partial charge in [0, 0.05) is 18.0 Å². The molecule has 24 heavy (non-hydrogen) atoms. The van der Waals surface area contributed by atoms with Gasteiger partial charge in [-0.25, -0.2) is 4.98 Å². The highest BCUT2D eigenvalue weighted by Crippen LogP contribution is 2.48. The highest BCUT2D eigenvalue weighted by Gasteiger charge is 2.62. The van der Waals surface area contributed by atoms with Gasteiger partial charge in [-0.3, -0.25) is 14.5 Å². The van der Waals surface area contributed by atoms with Crippen molar-refractivity contribution in [2.24, 2.45) is 11.8 Å². The van der Waals surface area contributed by atoms with Gasteiger partial charge < -0.3 is 9.72 Å². The number of ether oxygens (including phenoxy) is 1. The fraction of sp³-hybridized carbons (Fsp3) is 0.471. The van der Waals surface area contributed by atoms with Gasteiger partial charge in [0.2, 0.25) is 11.8 Å². The molecular formula is C17H16ClN3O3. The van der Waals surface area contributed by atoms with Crippen LogP contribution in [0.3, 0.4) is 0 Å². The maximum absolute atomic E-state index is 12.6. The molecule has 5 rings (SSSR count). The maximum Gasteiger partial charge on any atom is 0.235 e. The molecule has 2 bridgehead atoms. The van der Waals surface area contributed by atoms with E-state index in [2.05, 4.69) is 9.97 Å². The molecule has 1 aromatic heterocycles. The fourth-order valence-electron chi connectivity index (χ4n) is 4.36. The van der Waals surface area contributed by atoms with Crippen molar-refractivity contribution in [3.8, 4) is 0 Å². The summed E-state index contributed by atoms with van der Waals surface area (Å²) < 4.78 is 5.74. The maximum atomic E-state index is 12.6. The summed E-state index contributed by atoms with van der Waals surface area (Å²) >= 11 is 5.98. The second-order valence-electron chi connectivity index (χ2n) is 6.76. The summed E-state index contributed by atoms with van der Waals surface area (Å²) in [6, 6.07) is 5.46. The summed E-state index contributed by atoms with van der Waals surface area (Å²) in [6.45, 7) is 0.359. The molecule has 6 nitrogen and oxygen atoms in total. The topological polar surface area (TPSA) is 75.3 Å². The molecule has 2 aromatic rings. The van der Waals surface area contributed by atoms with Crippen molar-refractivity contribution in [3.63, 3.8) is 0 Å². The third-order valence-corrected chi connectivity index (χ3v) is 5.68. The number of carbonyl (C=O) groups is 2. The summed E-state index contributed by atoms with van der Waals surface area (Å²) in [5.41, 5.74) is 1.69. The van der Waals surface area contributed by atoms with E-state index >= 15 is 0 Å². The predicted molar refractivity (Wildman–Crippen MR) is 86.4 cm³/mol. The normalized spacial score (nSPS) is 31.5. The summed E-state index contributed by atoms with van der Waals surface area (Å²) in [7, 11) is 0. The first-order valence-corrected chi connectivity index (χ1v) is 8.64. The molecule has 1 N–H and O–H groups in total. The number of amides is 2. The fourth-order valence-corrected chi connectivity index (χ4v) is 4.54. The number of carbonyl (C=O) groups excluding carboxylic acids is 2. The molecule has 0 saturated carbocycles. The van der Waals surface area contributed by atoms with E-state index in [0.29, 0.717) is 18.0 Å². The van der Waals surface area contributed by atoms with E-state index in [1.165, 1.54) is 4.90 Å². The van der Waals surface area contributed by atoms with Crippen molar-refractivity contribution in [2.75, 3.05) is 6.54 Å². The lowest BCUT2D eigenvalue weighted by Gasteiger charge is -2.16. The number of halogens is 1. The van der Waals surface area contributed by atoms with Crippen molar-refractivity contribution in [3.05, 3.63) is 29.0 Å². The highest BCUT2D eigenvalue weighted by molar-refractivity contribution is 6.31. The molecule has 0 radical (unpaired) electrons. The van der Waals surface area contributed by atoms with Gasteiger partial charge in [0.15, 0.2) is 0 Å². The molecule has 0 spiro atoms. The molecule has 3 aliphatic rings. The number of aromatic amines is 1. The second-order valence-corrected chi connectivity index (χ2v) is 7.20. The van der Waals surface area contributed by atoms with Crippen molar-refractivity contribution < 1.29 is 14.3 Å². The Balaban J connectivity index is 1.34. The number of rotatable bonds is 3. The van der Waals surface area contributed by atoms with Gasteiger partial charge in [0.05, 0.1) is 35.1 Å². The number of imidazole rings is 1.